The summed E-state index contributed by atoms with van der Waals surface area (Å²) >= 11 is 0. The summed E-state index contributed by atoms with van der Waals surface area (Å²) in [6.07, 6.45) is 0. The van der Waals surface area contributed by atoms with E-state index < -0.39 is 0 Å². The van der Waals surface area contributed by atoms with E-state index >= 15 is 0 Å². The van der Waals surface area contributed by atoms with E-state index in [0.29, 0.717) is 17.6 Å². The highest BCUT2D eigenvalue weighted by molar-refractivity contribution is 6.23. The van der Waals surface area contributed by atoms with Crippen molar-refractivity contribution < 1.29 is 4.42 Å². The molecule has 6 heteroatoms. The van der Waals surface area contributed by atoms with Crippen LogP contribution >= 0.6 is 0 Å². The van der Waals surface area contributed by atoms with Crippen molar-refractivity contribution in [3.63, 3.8) is 0 Å². The molecule has 4 heterocycles. The summed E-state index contributed by atoms with van der Waals surface area (Å²) in [5.74, 6) is 1.66. The van der Waals surface area contributed by atoms with Crippen molar-refractivity contribution in [3.05, 3.63) is 237 Å². The van der Waals surface area contributed by atoms with Crippen LogP contribution in [0.5, 0.6) is 0 Å². The summed E-state index contributed by atoms with van der Waals surface area (Å²) in [5.41, 5.74) is 15.5. The quantitative estimate of drug-likeness (QED) is 0.160. The Bertz CT molecular complexity index is 4270. The van der Waals surface area contributed by atoms with Gasteiger partial charge in [0.2, 0.25) is 5.95 Å². The lowest BCUT2D eigenvalue weighted by Crippen LogP contribution is -2.07. The molecule has 0 spiro atoms. The van der Waals surface area contributed by atoms with Crippen LogP contribution in [0.15, 0.2) is 241 Å². The van der Waals surface area contributed by atoms with Crippen LogP contribution in [-0.2, 0) is 0 Å². The predicted octanol–water partition coefficient (Wildman–Crippen LogP) is 16.3. The van der Waals surface area contributed by atoms with Crippen molar-refractivity contribution >= 4 is 65.6 Å². The molecule has 0 aliphatic rings. The van der Waals surface area contributed by atoms with Gasteiger partial charge in [-0.05, 0) is 81.9 Å². The molecule has 69 heavy (non-hydrogen) atoms. The second-order valence-electron chi connectivity index (χ2n) is 17.6. The van der Waals surface area contributed by atoms with Crippen LogP contribution in [0.1, 0.15) is 0 Å². The molecule has 0 saturated heterocycles. The third-order valence-electron chi connectivity index (χ3n) is 13.6. The van der Waals surface area contributed by atoms with E-state index in [4.69, 9.17) is 19.4 Å². The normalized spacial score (nSPS) is 11.8. The molecule has 0 aliphatic carbocycles. The Kier molecular flexibility index (Phi) is 8.79. The van der Waals surface area contributed by atoms with E-state index in [0.717, 1.165) is 99.2 Å². The molecular weight excluding hydrogens is 843 g/mol. The van der Waals surface area contributed by atoms with Crippen LogP contribution in [0, 0.1) is 0 Å². The molecule has 10 aromatic carbocycles. The fourth-order valence-corrected chi connectivity index (χ4v) is 10.4. The first kappa shape index (κ1) is 38.8. The second-order valence-corrected chi connectivity index (χ2v) is 17.6. The van der Waals surface area contributed by atoms with Crippen molar-refractivity contribution in [1.29, 1.82) is 0 Å². The number of para-hydroxylation sites is 2. The molecule has 0 unspecified atom stereocenters. The Morgan fingerprint density at radius 1 is 0.304 bits per heavy atom. The maximum Gasteiger partial charge on any atom is 0.238 e. The van der Waals surface area contributed by atoms with Gasteiger partial charge in [-0.2, -0.15) is 9.97 Å². The highest BCUT2D eigenvalue weighted by Crippen LogP contribution is 2.43. The van der Waals surface area contributed by atoms with Gasteiger partial charge in [0.05, 0.1) is 22.1 Å². The van der Waals surface area contributed by atoms with Gasteiger partial charge in [-0.3, -0.25) is 4.57 Å². The smallest absolute Gasteiger partial charge is 0.238 e. The van der Waals surface area contributed by atoms with Crippen LogP contribution in [-0.4, -0.2) is 24.1 Å². The lowest BCUT2D eigenvalue weighted by Gasteiger charge is -2.14. The van der Waals surface area contributed by atoms with Crippen molar-refractivity contribution in [3.8, 4) is 67.8 Å². The molecule has 6 nitrogen and oxygen atoms in total. The SMILES string of the molecule is c1ccc(-c2ccc(-c3nc(-c4ccc5oc6cccc(-c7ccccc7)c6c5c4)nc(-n4c5ccccc5c5ccc6c7ccccc7n(-c7ccc(-c8ccccc8)cc7)c6c54)n3)cc2)cc1. The zero-order valence-electron chi connectivity index (χ0n) is 37.2. The Morgan fingerprint density at radius 3 is 1.43 bits per heavy atom. The summed E-state index contributed by atoms with van der Waals surface area (Å²) in [5, 5.41) is 6.59. The molecule has 0 aliphatic heterocycles. The Balaban J connectivity index is 1.04. The maximum absolute atomic E-state index is 6.51. The van der Waals surface area contributed by atoms with Crippen molar-refractivity contribution in [2.45, 2.75) is 0 Å². The van der Waals surface area contributed by atoms with Gasteiger partial charge < -0.3 is 8.98 Å². The molecule has 0 atom stereocenters. The number of hydrogen-bond donors (Lipinski definition) is 0. The van der Waals surface area contributed by atoms with E-state index in [1.165, 1.54) is 16.5 Å². The van der Waals surface area contributed by atoms with E-state index in [-0.39, 0.29) is 0 Å². The molecule has 0 saturated carbocycles. The first-order valence-electron chi connectivity index (χ1n) is 23.3. The summed E-state index contributed by atoms with van der Waals surface area (Å²) < 4.78 is 11.2. The number of aromatic nitrogens is 5. The lowest BCUT2D eigenvalue weighted by molar-refractivity contribution is 0.669. The third-order valence-corrected chi connectivity index (χ3v) is 13.6. The van der Waals surface area contributed by atoms with Gasteiger partial charge in [0, 0.05) is 49.1 Å². The third kappa shape index (κ3) is 6.30. The highest BCUT2D eigenvalue weighted by atomic mass is 16.3. The molecule has 0 radical (unpaired) electrons. The molecular formula is C63H39N5O. The standard InChI is InChI=1S/C63H39N5O/c1-4-15-40(16-5-1)42-27-29-45(30-28-42)61-64-62(46-33-38-56-53(39-46)58-48(23-14-26-57(58)69-56)44-19-8-3-9-20-44)66-63(65-61)68-55-25-13-11-22-50(55)52-37-36-51-49-21-10-12-24-54(49)67(59(51)60(52)68)47-34-31-43(32-35-47)41-17-6-2-7-18-41/h1-39H. The van der Waals surface area contributed by atoms with Gasteiger partial charge in [-0.25, -0.2) is 4.98 Å². The Labute approximate surface area is 396 Å². The summed E-state index contributed by atoms with van der Waals surface area (Å²) in [6, 6.07) is 83.3. The Hall–Kier alpha value is -9.39. The van der Waals surface area contributed by atoms with Crippen LogP contribution in [0.3, 0.4) is 0 Å². The number of furan rings is 1. The molecule has 4 aromatic heterocycles. The molecule has 0 fully saturated rings. The number of nitrogens with zero attached hydrogens (tertiary/aromatic N) is 5. The second kappa shape index (κ2) is 15.6. The fraction of sp³-hybridized carbons (Fsp3) is 0. The van der Waals surface area contributed by atoms with Gasteiger partial charge in [0.1, 0.15) is 11.2 Å². The fourth-order valence-electron chi connectivity index (χ4n) is 10.4. The lowest BCUT2D eigenvalue weighted by atomic mass is 9.99. The number of fused-ring (bicyclic) bond motifs is 10. The highest BCUT2D eigenvalue weighted by Gasteiger charge is 2.24. The minimum atomic E-state index is 0.527. The molecule has 0 bridgehead atoms. The zero-order chi connectivity index (χ0) is 45.4. The molecule has 322 valence electrons. The first-order chi connectivity index (χ1) is 34.2. The van der Waals surface area contributed by atoms with E-state index in [1.54, 1.807) is 0 Å². The monoisotopic (exact) mass is 881 g/mol. The van der Waals surface area contributed by atoms with Gasteiger partial charge >= 0.3 is 0 Å². The van der Waals surface area contributed by atoms with Crippen LogP contribution in [0.4, 0.5) is 0 Å². The molecule has 14 aromatic rings. The average molecular weight is 882 g/mol. The molecule has 0 amide bonds. The van der Waals surface area contributed by atoms with Gasteiger partial charge in [-0.15, -0.1) is 0 Å². The van der Waals surface area contributed by atoms with Gasteiger partial charge in [0.25, 0.3) is 0 Å². The maximum atomic E-state index is 6.51. The van der Waals surface area contributed by atoms with Crippen LogP contribution in [0.25, 0.3) is 133 Å². The number of hydrogen-bond acceptors (Lipinski definition) is 4. The number of benzene rings is 10. The largest absolute Gasteiger partial charge is 0.456 e. The van der Waals surface area contributed by atoms with Crippen molar-refractivity contribution in [2.24, 2.45) is 0 Å². The summed E-state index contributed by atoms with van der Waals surface area (Å²) in [7, 11) is 0. The minimum Gasteiger partial charge on any atom is -0.456 e. The van der Waals surface area contributed by atoms with Crippen molar-refractivity contribution in [1.82, 2.24) is 24.1 Å². The van der Waals surface area contributed by atoms with E-state index in [1.807, 2.05) is 24.3 Å². The number of rotatable bonds is 7. The minimum absolute atomic E-state index is 0.527. The average Bonchev–Trinajstić information content (AvgIpc) is 4.09. The molecule has 0 N–H and O–H groups in total. The van der Waals surface area contributed by atoms with Crippen LogP contribution < -0.4 is 0 Å². The van der Waals surface area contributed by atoms with E-state index in [9.17, 15) is 0 Å². The zero-order valence-corrected chi connectivity index (χ0v) is 37.2. The molecule has 14 rings (SSSR count). The van der Waals surface area contributed by atoms with Crippen molar-refractivity contribution in [2.75, 3.05) is 0 Å². The summed E-state index contributed by atoms with van der Waals surface area (Å²) in [6.45, 7) is 0. The predicted molar refractivity (Wildman–Crippen MR) is 283 cm³/mol. The Morgan fingerprint density at radius 2 is 0.797 bits per heavy atom. The van der Waals surface area contributed by atoms with E-state index in [2.05, 4.69) is 221 Å². The van der Waals surface area contributed by atoms with Crippen LogP contribution in [0.2, 0.25) is 0 Å². The summed E-state index contributed by atoms with van der Waals surface area (Å²) in [4.78, 5) is 16.3. The first-order valence-corrected chi connectivity index (χ1v) is 23.3. The van der Waals surface area contributed by atoms with Gasteiger partial charge in [-0.1, -0.05) is 188 Å². The van der Waals surface area contributed by atoms with Gasteiger partial charge in [0.15, 0.2) is 11.6 Å². The topological polar surface area (TPSA) is 61.7 Å².